The topological polar surface area (TPSA) is 126 Å². The lowest BCUT2D eigenvalue weighted by Gasteiger charge is -2.26. The van der Waals surface area contributed by atoms with Crippen LogP contribution in [-0.2, 0) is 4.79 Å². The van der Waals surface area contributed by atoms with E-state index in [4.69, 9.17) is 4.98 Å². The molecule has 0 spiro atoms. The Morgan fingerprint density at radius 2 is 2.08 bits per heavy atom. The molecule has 0 bridgehead atoms. The lowest BCUT2D eigenvalue weighted by molar-refractivity contribution is -0.130. The summed E-state index contributed by atoms with van der Waals surface area (Å²) >= 11 is 0. The highest BCUT2D eigenvalue weighted by Gasteiger charge is 2.42. The summed E-state index contributed by atoms with van der Waals surface area (Å²) in [5, 5.41) is 17.3. The number of anilines is 2. The number of aromatic nitrogens is 7. The molecule has 0 saturated heterocycles. The summed E-state index contributed by atoms with van der Waals surface area (Å²) in [7, 11) is 0. The number of rotatable bonds is 7. The molecule has 1 saturated carbocycles. The zero-order chi connectivity index (χ0) is 26.2. The molecule has 0 aromatic carbocycles. The van der Waals surface area contributed by atoms with Crippen molar-refractivity contribution in [3.05, 3.63) is 71.3 Å². The Balaban J connectivity index is 1.23. The second-order valence-electron chi connectivity index (χ2n) is 10.1. The summed E-state index contributed by atoms with van der Waals surface area (Å²) in [4.78, 5) is 27.0. The highest BCUT2D eigenvalue weighted by Crippen LogP contribution is 2.46. The fourth-order valence-electron chi connectivity index (χ4n) is 4.82. The van der Waals surface area contributed by atoms with Crippen molar-refractivity contribution in [3.63, 3.8) is 0 Å². The van der Waals surface area contributed by atoms with E-state index in [0.29, 0.717) is 24.0 Å². The number of carbonyl (C=O) groups is 1. The van der Waals surface area contributed by atoms with Crippen molar-refractivity contribution < 1.29 is 9.18 Å². The van der Waals surface area contributed by atoms with Gasteiger partial charge in [-0.05, 0) is 57.7 Å². The molecule has 4 heterocycles. The number of nitrogens with zero attached hydrogens (tertiary/aromatic N) is 6. The average Bonchev–Trinajstić information content (AvgIpc) is 3.59. The number of hydrogen-bond acceptors (Lipinski definition) is 7. The van der Waals surface area contributed by atoms with Crippen LogP contribution in [-0.4, -0.2) is 40.8 Å². The first-order chi connectivity index (χ1) is 17.7. The Hall–Kier alpha value is -4.15. The minimum absolute atomic E-state index is 0.0110. The molecule has 37 heavy (non-hydrogen) atoms. The number of hydrogen-bond donors (Lipinski definition) is 3. The van der Waals surface area contributed by atoms with E-state index < -0.39 is 11.2 Å². The molecule has 4 aromatic rings. The third-order valence-electron chi connectivity index (χ3n) is 6.93. The molecule has 192 valence electrons. The first-order valence-corrected chi connectivity index (χ1v) is 12.3. The molecule has 5 rings (SSSR count). The van der Waals surface area contributed by atoms with Crippen LogP contribution in [0.3, 0.4) is 0 Å². The third kappa shape index (κ3) is 5.35. The predicted molar refractivity (Wildman–Crippen MR) is 136 cm³/mol. The number of aromatic amines is 1. The third-order valence-corrected chi connectivity index (χ3v) is 6.93. The summed E-state index contributed by atoms with van der Waals surface area (Å²) in [6, 6.07) is 7.28. The maximum Gasteiger partial charge on any atom is 0.228 e. The Labute approximate surface area is 214 Å². The van der Waals surface area contributed by atoms with Crippen LogP contribution in [0.25, 0.3) is 5.82 Å². The molecule has 4 aromatic heterocycles. The number of amides is 1. The molecule has 3 N–H and O–H groups in total. The van der Waals surface area contributed by atoms with Crippen LogP contribution in [0.2, 0.25) is 0 Å². The standard InChI is InChI=1S/C26H30FN9O/c1-15-9-21(32-25(30-15)33-22-10-16(2)34-35-22)18-7-8-26(4,11-18)24(37)31-17(3)19-5-6-23(28-12-19)36-14-20(27)13-29-36/h5-6,9-10,12-14,17-18H,7-8,11H2,1-4H3,(H,31,37)(H2,30,32,33,34,35)/t17?,18?,26-/m0/s1. The van der Waals surface area contributed by atoms with Gasteiger partial charge in [-0.3, -0.25) is 9.89 Å². The van der Waals surface area contributed by atoms with E-state index in [1.54, 1.807) is 12.3 Å². The van der Waals surface area contributed by atoms with Gasteiger partial charge in [0.1, 0.15) is 0 Å². The number of nitrogens with one attached hydrogen (secondary N) is 3. The summed E-state index contributed by atoms with van der Waals surface area (Å²) in [5.74, 6) is 1.42. The first-order valence-electron chi connectivity index (χ1n) is 12.3. The van der Waals surface area contributed by atoms with E-state index in [9.17, 15) is 9.18 Å². The van der Waals surface area contributed by atoms with Gasteiger partial charge in [-0.1, -0.05) is 13.0 Å². The van der Waals surface area contributed by atoms with Gasteiger partial charge in [-0.15, -0.1) is 0 Å². The van der Waals surface area contributed by atoms with Gasteiger partial charge in [0.25, 0.3) is 0 Å². The lowest BCUT2D eigenvalue weighted by Crippen LogP contribution is -2.38. The van der Waals surface area contributed by atoms with Crippen LogP contribution in [0.5, 0.6) is 0 Å². The monoisotopic (exact) mass is 503 g/mol. The summed E-state index contributed by atoms with van der Waals surface area (Å²) in [6.07, 6.45) is 6.41. The van der Waals surface area contributed by atoms with Crippen molar-refractivity contribution in [2.45, 2.75) is 58.9 Å². The molecule has 1 aliphatic carbocycles. The van der Waals surface area contributed by atoms with Crippen molar-refractivity contribution in [1.82, 2.24) is 40.2 Å². The van der Waals surface area contributed by atoms with Gasteiger partial charge >= 0.3 is 0 Å². The van der Waals surface area contributed by atoms with Crippen LogP contribution >= 0.6 is 0 Å². The number of H-pyrrole nitrogens is 1. The summed E-state index contributed by atoms with van der Waals surface area (Å²) in [6.45, 7) is 7.82. The minimum atomic E-state index is -0.509. The molecule has 1 aliphatic rings. The Morgan fingerprint density at radius 1 is 1.24 bits per heavy atom. The van der Waals surface area contributed by atoms with Crippen molar-refractivity contribution >= 4 is 17.7 Å². The Morgan fingerprint density at radius 3 is 2.76 bits per heavy atom. The number of aryl methyl sites for hydroxylation is 2. The largest absolute Gasteiger partial charge is 0.349 e. The lowest BCUT2D eigenvalue weighted by atomic mass is 9.85. The molecular weight excluding hydrogens is 473 g/mol. The van der Waals surface area contributed by atoms with Crippen LogP contribution in [0.4, 0.5) is 16.2 Å². The highest BCUT2D eigenvalue weighted by molar-refractivity contribution is 5.83. The fraction of sp³-hybridized carbons (Fsp3) is 0.385. The van der Waals surface area contributed by atoms with Gasteiger partial charge in [0.15, 0.2) is 17.5 Å². The van der Waals surface area contributed by atoms with Gasteiger partial charge in [-0.2, -0.15) is 10.2 Å². The summed E-state index contributed by atoms with van der Waals surface area (Å²) in [5.41, 5.74) is 3.09. The van der Waals surface area contributed by atoms with Gasteiger partial charge in [0, 0.05) is 40.7 Å². The maximum atomic E-state index is 13.4. The van der Waals surface area contributed by atoms with Gasteiger partial charge in [0.2, 0.25) is 11.9 Å². The van der Waals surface area contributed by atoms with Crippen molar-refractivity contribution in [1.29, 1.82) is 0 Å². The maximum absolute atomic E-state index is 13.4. The zero-order valence-corrected chi connectivity index (χ0v) is 21.3. The zero-order valence-electron chi connectivity index (χ0n) is 21.3. The molecule has 1 fully saturated rings. The predicted octanol–water partition coefficient (Wildman–Crippen LogP) is 4.43. The van der Waals surface area contributed by atoms with E-state index in [1.807, 2.05) is 45.9 Å². The average molecular weight is 504 g/mol. The van der Waals surface area contributed by atoms with E-state index in [2.05, 4.69) is 35.9 Å². The van der Waals surface area contributed by atoms with Crippen molar-refractivity contribution in [2.75, 3.05) is 5.32 Å². The number of carbonyl (C=O) groups excluding carboxylic acids is 1. The van der Waals surface area contributed by atoms with Crippen LogP contribution < -0.4 is 10.6 Å². The van der Waals surface area contributed by atoms with Crippen molar-refractivity contribution in [2.24, 2.45) is 5.41 Å². The first kappa shape index (κ1) is 24.5. The quantitative estimate of drug-likeness (QED) is 0.340. The molecule has 0 radical (unpaired) electrons. The van der Waals surface area contributed by atoms with Crippen LogP contribution in [0.1, 0.15) is 67.7 Å². The SMILES string of the molecule is Cc1cc(C2CC[C@](C)(C(=O)NC(C)c3ccc(-n4cc(F)cn4)nc3)C2)nc(Nc2cc(C)[nH]n2)n1. The minimum Gasteiger partial charge on any atom is -0.349 e. The smallest absolute Gasteiger partial charge is 0.228 e. The van der Waals surface area contributed by atoms with Crippen molar-refractivity contribution in [3.8, 4) is 5.82 Å². The molecule has 2 unspecified atom stereocenters. The second-order valence-corrected chi connectivity index (χ2v) is 10.1. The normalized spacial score (nSPS) is 20.1. The highest BCUT2D eigenvalue weighted by atomic mass is 19.1. The second kappa shape index (κ2) is 9.72. The number of pyridine rings is 1. The van der Waals surface area contributed by atoms with Gasteiger partial charge < -0.3 is 10.6 Å². The van der Waals surface area contributed by atoms with E-state index in [0.717, 1.165) is 41.7 Å². The summed E-state index contributed by atoms with van der Waals surface area (Å²) < 4.78 is 14.6. The molecule has 0 aliphatic heterocycles. The Kier molecular flexibility index (Phi) is 6.45. The van der Waals surface area contributed by atoms with E-state index in [-0.39, 0.29) is 17.9 Å². The molecular formula is C26H30FN9O. The van der Waals surface area contributed by atoms with Crippen LogP contribution in [0, 0.1) is 25.1 Å². The van der Waals surface area contributed by atoms with E-state index in [1.165, 1.54) is 10.9 Å². The Bertz CT molecular complexity index is 1410. The molecule has 1 amide bonds. The van der Waals surface area contributed by atoms with Gasteiger partial charge in [0.05, 0.1) is 18.4 Å². The number of halogens is 1. The molecule has 10 nitrogen and oxygen atoms in total. The molecule has 3 atom stereocenters. The van der Waals surface area contributed by atoms with Crippen LogP contribution in [0.15, 0.2) is 42.9 Å². The molecule has 11 heteroatoms. The van der Waals surface area contributed by atoms with E-state index >= 15 is 0 Å². The van der Waals surface area contributed by atoms with Gasteiger partial charge in [-0.25, -0.2) is 24.0 Å². The fourth-order valence-corrected chi connectivity index (χ4v) is 4.82.